The zero-order chi connectivity index (χ0) is 18.6. The summed E-state index contributed by atoms with van der Waals surface area (Å²) in [6.07, 6.45) is 0. The van der Waals surface area contributed by atoms with Gasteiger partial charge < -0.3 is 4.90 Å². The molecular weight excluding hydrogens is 369 g/mol. The predicted molar refractivity (Wildman–Crippen MR) is 111 cm³/mol. The third-order valence-corrected chi connectivity index (χ3v) is 5.09. The van der Waals surface area contributed by atoms with Crippen molar-refractivity contribution in [2.75, 3.05) is 4.90 Å². The fraction of sp³-hybridized carbons (Fsp3) is 0.143. The van der Waals surface area contributed by atoms with Gasteiger partial charge in [-0.05, 0) is 41.8 Å². The van der Waals surface area contributed by atoms with E-state index in [-0.39, 0.29) is 34.5 Å². The summed E-state index contributed by atoms with van der Waals surface area (Å²) in [5.41, 5.74) is 4.07. The van der Waals surface area contributed by atoms with Crippen molar-refractivity contribution in [1.29, 1.82) is 0 Å². The third kappa shape index (κ3) is 5.92. The van der Waals surface area contributed by atoms with Crippen LogP contribution in [-0.4, -0.2) is 42.5 Å². The summed E-state index contributed by atoms with van der Waals surface area (Å²) >= 11 is 0. The van der Waals surface area contributed by atoms with Gasteiger partial charge >= 0.3 is 29.6 Å². The second kappa shape index (κ2) is 9.53. The third-order valence-electron chi connectivity index (χ3n) is 4.24. The molecule has 0 fully saturated rings. The first-order valence-corrected chi connectivity index (χ1v) is 9.78. The molecule has 0 bridgehead atoms. The molecule has 0 spiro atoms. The van der Waals surface area contributed by atoms with Crippen LogP contribution in [0.15, 0.2) is 83.8 Å². The Hall–Kier alpha value is -1.63. The quantitative estimate of drug-likeness (QED) is 0.513. The standard InChI is InChI=1S/C21H21NO3S.Na.H/c1-17-14-20(26(23,24)25)12-13-21(17)22(15-18-8-4-2-5-9-18)16-19-10-6-3-7-11-19;;/h2-14H,15-16H2,1H3,(H,23,24,25);;. The number of hydrogen-bond acceptors (Lipinski definition) is 3. The number of anilines is 1. The molecule has 6 heteroatoms. The average Bonchev–Trinajstić information content (AvgIpc) is 2.62. The molecule has 0 saturated heterocycles. The topological polar surface area (TPSA) is 57.6 Å². The summed E-state index contributed by atoms with van der Waals surface area (Å²) in [6.45, 7) is 3.25. The van der Waals surface area contributed by atoms with Gasteiger partial charge in [0.05, 0.1) is 4.90 Å². The van der Waals surface area contributed by atoms with Crippen molar-refractivity contribution in [3.63, 3.8) is 0 Å². The van der Waals surface area contributed by atoms with Crippen molar-refractivity contribution in [3.05, 3.63) is 95.6 Å². The van der Waals surface area contributed by atoms with Gasteiger partial charge in [-0.3, -0.25) is 4.55 Å². The van der Waals surface area contributed by atoms with E-state index in [0.717, 1.165) is 11.3 Å². The molecule has 0 aliphatic carbocycles. The monoisotopic (exact) mass is 391 g/mol. The number of rotatable bonds is 6. The van der Waals surface area contributed by atoms with Gasteiger partial charge in [0.1, 0.15) is 0 Å². The van der Waals surface area contributed by atoms with Crippen molar-refractivity contribution < 1.29 is 13.0 Å². The fourth-order valence-corrected chi connectivity index (χ4v) is 3.54. The first-order chi connectivity index (χ1) is 12.4. The molecule has 0 aliphatic rings. The van der Waals surface area contributed by atoms with Crippen molar-refractivity contribution in [1.82, 2.24) is 0 Å². The molecule has 0 heterocycles. The molecule has 3 aromatic carbocycles. The summed E-state index contributed by atoms with van der Waals surface area (Å²) < 4.78 is 32.1. The van der Waals surface area contributed by atoms with Gasteiger partial charge in [0.15, 0.2) is 0 Å². The second-order valence-corrected chi connectivity index (χ2v) is 7.67. The fourth-order valence-electron chi connectivity index (χ4n) is 2.98. The molecular formula is C21H22NNaO3S. The summed E-state index contributed by atoms with van der Waals surface area (Å²) in [7, 11) is -4.20. The number of aryl methyl sites for hydroxylation is 1. The SMILES string of the molecule is Cc1cc(S(=O)(=O)O)ccc1N(Cc1ccccc1)Cc1ccccc1.[NaH]. The number of nitrogens with zero attached hydrogens (tertiary/aromatic N) is 1. The molecule has 1 N–H and O–H groups in total. The Morgan fingerprint density at radius 1 is 0.815 bits per heavy atom. The van der Waals surface area contributed by atoms with Crippen molar-refractivity contribution >= 4 is 45.4 Å². The van der Waals surface area contributed by atoms with Gasteiger partial charge in [-0.25, -0.2) is 0 Å². The van der Waals surface area contributed by atoms with Gasteiger partial charge in [0.25, 0.3) is 10.1 Å². The average molecular weight is 391 g/mol. The zero-order valence-electron chi connectivity index (χ0n) is 14.5. The van der Waals surface area contributed by atoms with Crippen LogP contribution in [-0.2, 0) is 23.2 Å². The maximum atomic E-state index is 11.4. The van der Waals surface area contributed by atoms with E-state index in [1.807, 2.05) is 43.3 Å². The Kier molecular flexibility index (Phi) is 7.65. The summed E-state index contributed by atoms with van der Waals surface area (Å²) in [5.74, 6) is 0. The van der Waals surface area contributed by atoms with E-state index in [1.54, 1.807) is 6.07 Å². The van der Waals surface area contributed by atoms with E-state index in [2.05, 4.69) is 29.2 Å². The van der Waals surface area contributed by atoms with Crippen LogP contribution < -0.4 is 4.90 Å². The Balaban J connectivity index is 0.00000261. The van der Waals surface area contributed by atoms with E-state index in [1.165, 1.54) is 23.3 Å². The molecule has 0 unspecified atom stereocenters. The van der Waals surface area contributed by atoms with Crippen LogP contribution in [0.1, 0.15) is 16.7 Å². The van der Waals surface area contributed by atoms with Crippen LogP contribution in [0.3, 0.4) is 0 Å². The first kappa shape index (κ1) is 21.7. The summed E-state index contributed by atoms with van der Waals surface area (Å²) in [6, 6.07) is 25.0. The van der Waals surface area contributed by atoms with Gasteiger partial charge in [-0.15, -0.1) is 0 Å². The Bertz CT molecular complexity index is 935. The Morgan fingerprint density at radius 2 is 1.30 bits per heavy atom. The van der Waals surface area contributed by atoms with Crippen LogP contribution in [0.4, 0.5) is 5.69 Å². The molecule has 4 nitrogen and oxygen atoms in total. The van der Waals surface area contributed by atoms with Crippen LogP contribution in [0, 0.1) is 6.92 Å². The van der Waals surface area contributed by atoms with Gasteiger partial charge in [-0.1, -0.05) is 60.7 Å². The molecule has 27 heavy (non-hydrogen) atoms. The number of benzene rings is 3. The molecule has 0 atom stereocenters. The molecule has 0 radical (unpaired) electrons. The van der Waals surface area contributed by atoms with Gasteiger partial charge in [0.2, 0.25) is 0 Å². The maximum absolute atomic E-state index is 11.4. The predicted octanol–water partition coefficient (Wildman–Crippen LogP) is 3.80. The van der Waals surface area contributed by atoms with E-state index in [4.69, 9.17) is 0 Å². The minimum absolute atomic E-state index is 0. The molecule has 0 saturated carbocycles. The van der Waals surface area contributed by atoms with Crippen LogP contribution in [0.25, 0.3) is 0 Å². The zero-order valence-corrected chi connectivity index (χ0v) is 15.4. The van der Waals surface area contributed by atoms with E-state index >= 15 is 0 Å². The molecule has 136 valence electrons. The second-order valence-electron chi connectivity index (χ2n) is 6.25. The summed E-state index contributed by atoms with van der Waals surface area (Å²) in [5, 5.41) is 0. The van der Waals surface area contributed by atoms with Gasteiger partial charge in [-0.2, -0.15) is 8.42 Å². The molecule has 0 aliphatic heterocycles. The molecule has 0 amide bonds. The molecule has 0 aromatic heterocycles. The van der Waals surface area contributed by atoms with E-state index in [0.29, 0.717) is 13.1 Å². The Labute approximate surface area is 182 Å². The van der Waals surface area contributed by atoms with Crippen molar-refractivity contribution in [2.45, 2.75) is 24.9 Å². The molecule has 3 aromatic rings. The van der Waals surface area contributed by atoms with Crippen LogP contribution >= 0.6 is 0 Å². The normalized spacial score (nSPS) is 10.9. The Morgan fingerprint density at radius 3 is 1.70 bits per heavy atom. The molecule has 3 rings (SSSR count). The minimum atomic E-state index is -4.20. The number of hydrogen-bond donors (Lipinski definition) is 1. The van der Waals surface area contributed by atoms with E-state index in [9.17, 15) is 13.0 Å². The van der Waals surface area contributed by atoms with Crippen molar-refractivity contribution in [3.8, 4) is 0 Å². The van der Waals surface area contributed by atoms with Crippen LogP contribution in [0.5, 0.6) is 0 Å². The van der Waals surface area contributed by atoms with Gasteiger partial charge in [0, 0.05) is 18.8 Å². The van der Waals surface area contributed by atoms with E-state index < -0.39 is 10.1 Å². The summed E-state index contributed by atoms with van der Waals surface area (Å²) in [4.78, 5) is 2.12. The van der Waals surface area contributed by atoms with Crippen LogP contribution in [0.2, 0.25) is 0 Å². The first-order valence-electron chi connectivity index (χ1n) is 8.34. The van der Waals surface area contributed by atoms with Crippen molar-refractivity contribution in [2.24, 2.45) is 0 Å².